The summed E-state index contributed by atoms with van der Waals surface area (Å²) in [5, 5.41) is 10.5. The number of nitriles is 1. The van der Waals surface area contributed by atoms with E-state index in [1.165, 1.54) is 0 Å². The molecule has 0 aromatic carbocycles. The average Bonchev–Trinajstić information content (AvgIpc) is 2.01. The Bertz CT molecular complexity index is 218. The van der Waals surface area contributed by atoms with E-state index < -0.39 is 12.6 Å². The van der Waals surface area contributed by atoms with Crippen LogP contribution in [0.25, 0.3) is 0 Å². The van der Waals surface area contributed by atoms with Crippen molar-refractivity contribution in [1.29, 1.82) is 5.26 Å². The quantitative estimate of drug-likeness (QED) is 0.327. The number of amidine groups is 1. The van der Waals surface area contributed by atoms with Gasteiger partial charge in [-0.2, -0.15) is 18.4 Å². The van der Waals surface area contributed by atoms with Gasteiger partial charge in [0.05, 0.1) is 13.0 Å². The first-order chi connectivity index (χ1) is 5.99. The molecule has 0 heterocycles. The molecule has 0 atom stereocenters. The molecule has 0 unspecified atom stereocenters. The summed E-state index contributed by atoms with van der Waals surface area (Å²) in [4.78, 5) is 3.54. The summed E-state index contributed by atoms with van der Waals surface area (Å²) in [7, 11) is 0. The standard InChI is InChI=1S/C6H8F3N3S/c1-13-5(12-4-10)11-3-2-6(7,8)9/h2-3H2,1H3,(H,11,12). The van der Waals surface area contributed by atoms with Gasteiger partial charge in [0.25, 0.3) is 0 Å². The summed E-state index contributed by atoms with van der Waals surface area (Å²) in [6.07, 6.45) is -1.96. The van der Waals surface area contributed by atoms with Crippen molar-refractivity contribution < 1.29 is 13.2 Å². The van der Waals surface area contributed by atoms with Crippen LogP contribution in [0, 0.1) is 11.5 Å². The number of nitrogens with zero attached hydrogens (tertiary/aromatic N) is 2. The monoisotopic (exact) mass is 211 g/mol. The molecule has 0 amide bonds. The lowest BCUT2D eigenvalue weighted by Crippen LogP contribution is -2.15. The van der Waals surface area contributed by atoms with Gasteiger partial charge in [0.1, 0.15) is 0 Å². The summed E-state index contributed by atoms with van der Waals surface area (Å²) in [6.45, 7) is -0.353. The number of rotatable bonds is 2. The third-order valence-electron chi connectivity index (χ3n) is 1.01. The van der Waals surface area contributed by atoms with Crippen LogP contribution in [-0.4, -0.2) is 24.1 Å². The lowest BCUT2D eigenvalue weighted by atomic mass is 10.4. The fourth-order valence-electron chi connectivity index (χ4n) is 0.487. The first kappa shape index (κ1) is 12.1. The molecule has 74 valence electrons. The van der Waals surface area contributed by atoms with Gasteiger partial charge in [0.15, 0.2) is 11.4 Å². The molecule has 0 bridgehead atoms. The summed E-state index contributed by atoms with van der Waals surface area (Å²) in [5.74, 6) is 0. The van der Waals surface area contributed by atoms with E-state index in [1.54, 1.807) is 12.4 Å². The van der Waals surface area contributed by atoms with Gasteiger partial charge in [-0.05, 0) is 6.26 Å². The van der Waals surface area contributed by atoms with E-state index in [2.05, 4.69) is 10.3 Å². The number of nitrogens with one attached hydrogen (secondary N) is 1. The minimum atomic E-state index is -4.19. The summed E-state index contributed by atoms with van der Waals surface area (Å²) < 4.78 is 34.9. The Hall–Kier alpha value is -0.900. The van der Waals surface area contributed by atoms with Crippen molar-refractivity contribution in [3.63, 3.8) is 0 Å². The molecule has 13 heavy (non-hydrogen) atoms. The van der Waals surface area contributed by atoms with Gasteiger partial charge < -0.3 is 0 Å². The van der Waals surface area contributed by atoms with E-state index in [-0.39, 0.29) is 11.7 Å². The molecule has 0 spiro atoms. The van der Waals surface area contributed by atoms with Gasteiger partial charge in [-0.1, -0.05) is 11.8 Å². The van der Waals surface area contributed by atoms with Crippen molar-refractivity contribution in [2.24, 2.45) is 4.99 Å². The van der Waals surface area contributed by atoms with Gasteiger partial charge in [-0.15, -0.1) is 0 Å². The molecule has 1 N–H and O–H groups in total. The van der Waals surface area contributed by atoms with Crippen LogP contribution in [0.1, 0.15) is 6.42 Å². The Labute approximate surface area is 78.0 Å². The number of aliphatic imine (C=N–C) groups is 1. The van der Waals surface area contributed by atoms with Crippen LogP contribution >= 0.6 is 11.8 Å². The van der Waals surface area contributed by atoms with Crippen molar-refractivity contribution in [1.82, 2.24) is 5.32 Å². The maximum atomic E-state index is 11.6. The Morgan fingerprint density at radius 3 is 2.62 bits per heavy atom. The topological polar surface area (TPSA) is 48.2 Å². The maximum absolute atomic E-state index is 11.6. The Balaban J connectivity index is 3.88. The predicted molar refractivity (Wildman–Crippen MR) is 45.2 cm³/mol. The van der Waals surface area contributed by atoms with Crippen LogP contribution in [0.4, 0.5) is 13.2 Å². The van der Waals surface area contributed by atoms with Gasteiger partial charge in [0, 0.05) is 0 Å². The highest BCUT2D eigenvalue weighted by molar-refractivity contribution is 8.13. The lowest BCUT2D eigenvalue weighted by Gasteiger charge is -2.03. The second-order valence-electron chi connectivity index (χ2n) is 1.99. The molecular weight excluding hydrogens is 203 g/mol. The lowest BCUT2D eigenvalue weighted by molar-refractivity contribution is -0.132. The predicted octanol–water partition coefficient (Wildman–Crippen LogP) is 1.73. The molecule has 0 saturated heterocycles. The molecule has 0 aliphatic rings. The van der Waals surface area contributed by atoms with Crippen molar-refractivity contribution in [2.45, 2.75) is 12.6 Å². The van der Waals surface area contributed by atoms with Gasteiger partial charge >= 0.3 is 6.18 Å². The molecule has 0 aromatic rings. The summed E-state index contributed by atoms with van der Waals surface area (Å²) >= 11 is 1.09. The second-order valence-corrected chi connectivity index (χ2v) is 2.79. The highest BCUT2D eigenvalue weighted by atomic mass is 32.2. The van der Waals surface area contributed by atoms with Crippen LogP contribution < -0.4 is 5.32 Å². The highest BCUT2D eigenvalue weighted by Gasteiger charge is 2.26. The largest absolute Gasteiger partial charge is 0.390 e. The highest BCUT2D eigenvalue weighted by Crippen LogP contribution is 2.19. The SMILES string of the molecule is CSC(=NCCC(F)(F)F)NC#N. The zero-order valence-corrected chi connectivity index (χ0v) is 7.67. The Morgan fingerprint density at radius 1 is 1.62 bits per heavy atom. The zero-order valence-electron chi connectivity index (χ0n) is 6.85. The first-order valence-corrected chi connectivity index (χ1v) is 4.52. The molecule has 0 radical (unpaired) electrons. The fraction of sp³-hybridized carbons (Fsp3) is 0.667. The Morgan fingerprint density at radius 2 is 2.23 bits per heavy atom. The van der Waals surface area contributed by atoms with Crippen LogP contribution in [0.3, 0.4) is 0 Å². The first-order valence-electron chi connectivity index (χ1n) is 3.30. The minimum absolute atomic E-state index is 0.201. The van der Waals surface area contributed by atoms with E-state index in [0.717, 1.165) is 11.8 Å². The number of thioether (sulfide) groups is 1. The van der Waals surface area contributed by atoms with E-state index in [1.807, 2.05) is 0 Å². The minimum Gasteiger partial charge on any atom is -0.272 e. The van der Waals surface area contributed by atoms with Gasteiger partial charge in [0.2, 0.25) is 0 Å². The zero-order chi connectivity index (χ0) is 10.3. The maximum Gasteiger partial charge on any atom is 0.390 e. The number of hydrogen-bond donors (Lipinski definition) is 1. The van der Waals surface area contributed by atoms with Crippen molar-refractivity contribution >= 4 is 16.9 Å². The third kappa shape index (κ3) is 7.46. The van der Waals surface area contributed by atoms with Crippen molar-refractivity contribution in [2.75, 3.05) is 12.8 Å². The molecule has 0 rings (SSSR count). The van der Waals surface area contributed by atoms with Crippen LogP contribution in [0.15, 0.2) is 4.99 Å². The van der Waals surface area contributed by atoms with E-state index >= 15 is 0 Å². The normalized spacial score (nSPS) is 12.4. The van der Waals surface area contributed by atoms with E-state index in [4.69, 9.17) is 5.26 Å². The number of halogens is 3. The third-order valence-corrected chi connectivity index (χ3v) is 1.62. The smallest absolute Gasteiger partial charge is 0.272 e. The number of hydrogen-bond acceptors (Lipinski definition) is 3. The molecule has 3 nitrogen and oxygen atoms in total. The molecule has 0 saturated carbocycles. The summed E-state index contributed by atoms with van der Waals surface area (Å²) in [5.41, 5.74) is 0. The average molecular weight is 211 g/mol. The van der Waals surface area contributed by atoms with E-state index in [9.17, 15) is 13.2 Å². The van der Waals surface area contributed by atoms with Crippen LogP contribution in [0.5, 0.6) is 0 Å². The molecular formula is C6H8F3N3S. The van der Waals surface area contributed by atoms with Crippen molar-refractivity contribution in [3.05, 3.63) is 0 Å². The fourth-order valence-corrected chi connectivity index (χ4v) is 0.855. The van der Waals surface area contributed by atoms with Crippen LogP contribution in [0.2, 0.25) is 0 Å². The molecule has 0 aliphatic carbocycles. The second kappa shape index (κ2) is 5.70. The van der Waals surface area contributed by atoms with Gasteiger partial charge in [-0.25, -0.2) is 0 Å². The molecule has 0 aliphatic heterocycles. The number of alkyl halides is 3. The van der Waals surface area contributed by atoms with Crippen molar-refractivity contribution in [3.8, 4) is 6.19 Å². The summed E-state index contributed by atoms with van der Waals surface area (Å²) in [6, 6.07) is 0. The molecule has 0 fully saturated rings. The van der Waals surface area contributed by atoms with Crippen LogP contribution in [-0.2, 0) is 0 Å². The molecule has 7 heteroatoms. The van der Waals surface area contributed by atoms with E-state index in [0.29, 0.717) is 0 Å². The van der Waals surface area contributed by atoms with Gasteiger partial charge in [-0.3, -0.25) is 10.3 Å². The Kier molecular flexibility index (Phi) is 5.30. The molecule has 0 aromatic heterocycles.